The largest absolute Gasteiger partial charge is 0.508 e. The van der Waals surface area contributed by atoms with Crippen LogP contribution in [0.15, 0.2) is 24.3 Å². The van der Waals surface area contributed by atoms with Gasteiger partial charge in [-0.3, -0.25) is 4.79 Å². The first-order valence-electron chi connectivity index (χ1n) is 6.00. The zero-order chi connectivity index (χ0) is 13.1. The molecule has 5 nitrogen and oxygen atoms in total. The molecule has 0 aromatic heterocycles. The number of β-amino-alcohol motifs (C(OH)–C–C–N with tert-alkyl or cyclic N) is 1. The summed E-state index contributed by atoms with van der Waals surface area (Å²) >= 11 is 0. The molecule has 1 saturated heterocycles. The number of nitrogens with zero attached hydrogens (tertiary/aromatic N) is 1. The van der Waals surface area contributed by atoms with Crippen LogP contribution in [0.3, 0.4) is 0 Å². The first kappa shape index (κ1) is 12.9. The Morgan fingerprint density at radius 1 is 1.50 bits per heavy atom. The summed E-state index contributed by atoms with van der Waals surface area (Å²) in [7, 11) is 1.70. The molecule has 1 fully saturated rings. The summed E-state index contributed by atoms with van der Waals surface area (Å²) in [4.78, 5) is 13.6. The fourth-order valence-electron chi connectivity index (χ4n) is 2.20. The first-order valence-corrected chi connectivity index (χ1v) is 6.00. The Labute approximate surface area is 106 Å². The summed E-state index contributed by atoms with van der Waals surface area (Å²) in [5.41, 5.74) is 0.771. The van der Waals surface area contributed by atoms with Gasteiger partial charge in [-0.15, -0.1) is 0 Å². The number of hydrogen-bond donors (Lipinski definition) is 3. The van der Waals surface area contributed by atoms with Gasteiger partial charge in [-0.25, -0.2) is 0 Å². The number of amides is 1. The fraction of sp³-hybridized carbons (Fsp3) is 0.462. The second-order valence-electron chi connectivity index (χ2n) is 4.64. The maximum absolute atomic E-state index is 12.1. The Kier molecular flexibility index (Phi) is 3.84. The number of nitrogens with one attached hydrogen (secondary N) is 1. The van der Waals surface area contributed by atoms with Crippen molar-refractivity contribution in [1.29, 1.82) is 0 Å². The highest BCUT2D eigenvalue weighted by Gasteiger charge is 2.30. The number of aromatic hydroxyl groups is 1. The van der Waals surface area contributed by atoms with Gasteiger partial charge in [0.25, 0.3) is 0 Å². The van der Waals surface area contributed by atoms with Crippen LogP contribution in [0.4, 0.5) is 0 Å². The molecule has 0 aliphatic carbocycles. The van der Waals surface area contributed by atoms with Crippen LogP contribution in [0.5, 0.6) is 5.75 Å². The lowest BCUT2D eigenvalue weighted by Gasteiger charge is -2.26. The molecule has 98 valence electrons. The summed E-state index contributed by atoms with van der Waals surface area (Å²) in [6.07, 6.45) is -0.281. The van der Waals surface area contributed by atoms with Crippen LogP contribution in [-0.2, 0) is 11.2 Å². The molecule has 1 aromatic carbocycles. The number of benzene rings is 1. The summed E-state index contributed by atoms with van der Waals surface area (Å²) < 4.78 is 0. The Morgan fingerprint density at radius 2 is 2.28 bits per heavy atom. The molecule has 1 aliphatic heterocycles. The number of likely N-dealkylation sites (N-methyl/N-ethyl adjacent to an activating group) is 1. The van der Waals surface area contributed by atoms with Gasteiger partial charge >= 0.3 is 0 Å². The van der Waals surface area contributed by atoms with Crippen molar-refractivity contribution in [2.75, 3.05) is 20.1 Å². The molecule has 0 spiro atoms. The number of aliphatic hydroxyl groups is 1. The minimum atomic E-state index is -0.511. The summed E-state index contributed by atoms with van der Waals surface area (Å²) in [5, 5.41) is 22.1. The molecule has 3 N–H and O–H groups in total. The van der Waals surface area contributed by atoms with E-state index in [4.69, 9.17) is 0 Å². The number of carbonyl (C=O) groups is 1. The molecule has 18 heavy (non-hydrogen) atoms. The van der Waals surface area contributed by atoms with Gasteiger partial charge in [-0.1, -0.05) is 12.1 Å². The summed E-state index contributed by atoms with van der Waals surface area (Å²) in [6, 6.07) is 6.49. The number of carbonyl (C=O) groups excluding carboxylic acids is 1. The van der Waals surface area contributed by atoms with Gasteiger partial charge in [0, 0.05) is 20.1 Å². The number of aliphatic hydroxyl groups excluding tert-OH is 1. The van der Waals surface area contributed by atoms with Gasteiger partial charge in [-0.2, -0.15) is 0 Å². The van der Waals surface area contributed by atoms with E-state index < -0.39 is 6.10 Å². The Bertz CT molecular complexity index is 436. The van der Waals surface area contributed by atoms with Crippen LogP contribution in [0.1, 0.15) is 5.56 Å². The summed E-state index contributed by atoms with van der Waals surface area (Å²) in [6.45, 7) is 1.14. The number of rotatable bonds is 3. The van der Waals surface area contributed by atoms with Crippen molar-refractivity contribution in [3.05, 3.63) is 29.8 Å². The zero-order valence-corrected chi connectivity index (χ0v) is 10.3. The lowest BCUT2D eigenvalue weighted by molar-refractivity contribution is -0.132. The standard InChI is InChI=1S/C13H18N2O3/c1-15(11-7-14-8-12(11)17)13(18)6-9-3-2-4-10(16)5-9/h2-5,11-12,14,16-17H,6-8H2,1H3/t11-,12-/m0/s1. The van der Waals surface area contributed by atoms with E-state index in [1.54, 1.807) is 36.2 Å². The zero-order valence-electron chi connectivity index (χ0n) is 10.3. The SMILES string of the molecule is CN(C(=O)Cc1cccc(O)c1)[C@H]1CNC[C@@H]1O. The van der Waals surface area contributed by atoms with Crippen LogP contribution in [0.25, 0.3) is 0 Å². The van der Waals surface area contributed by atoms with E-state index in [0.717, 1.165) is 5.56 Å². The van der Waals surface area contributed by atoms with Crippen molar-refractivity contribution in [2.24, 2.45) is 0 Å². The average molecular weight is 250 g/mol. The van der Waals surface area contributed by atoms with E-state index in [1.807, 2.05) is 0 Å². The van der Waals surface area contributed by atoms with E-state index in [-0.39, 0.29) is 24.1 Å². The van der Waals surface area contributed by atoms with Gasteiger partial charge in [0.05, 0.1) is 18.6 Å². The van der Waals surface area contributed by atoms with Crippen LogP contribution in [-0.4, -0.2) is 53.3 Å². The highest BCUT2D eigenvalue weighted by molar-refractivity contribution is 5.79. The predicted molar refractivity (Wildman–Crippen MR) is 67.2 cm³/mol. The maximum Gasteiger partial charge on any atom is 0.227 e. The third-order valence-corrected chi connectivity index (χ3v) is 3.31. The number of hydrogen-bond acceptors (Lipinski definition) is 4. The third kappa shape index (κ3) is 2.80. The number of phenolic OH excluding ortho intramolecular Hbond substituents is 1. The van der Waals surface area contributed by atoms with Crippen molar-refractivity contribution >= 4 is 5.91 Å². The van der Waals surface area contributed by atoms with E-state index >= 15 is 0 Å². The quantitative estimate of drug-likeness (QED) is 0.690. The van der Waals surface area contributed by atoms with E-state index in [2.05, 4.69) is 5.32 Å². The van der Waals surface area contributed by atoms with Crippen molar-refractivity contribution in [2.45, 2.75) is 18.6 Å². The Morgan fingerprint density at radius 3 is 2.89 bits per heavy atom. The average Bonchev–Trinajstić information content (AvgIpc) is 2.74. The van der Waals surface area contributed by atoms with E-state index in [0.29, 0.717) is 13.1 Å². The third-order valence-electron chi connectivity index (χ3n) is 3.31. The molecular formula is C13H18N2O3. The van der Waals surface area contributed by atoms with Gasteiger partial charge in [-0.05, 0) is 17.7 Å². The minimum Gasteiger partial charge on any atom is -0.508 e. The molecule has 1 aromatic rings. The monoisotopic (exact) mass is 250 g/mol. The van der Waals surface area contributed by atoms with Crippen molar-refractivity contribution in [1.82, 2.24) is 10.2 Å². The first-order chi connectivity index (χ1) is 8.58. The lowest BCUT2D eigenvalue weighted by atomic mass is 10.1. The molecule has 2 rings (SSSR count). The van der Waals surface area contributed by atoms with Crippen molar-refractivity contribution < 1.29 is 15.0 Å². The highest BCUT2D eigenvalue weighted by atomic mass is 16.3. The molecule has 5 heteroatoms. The molecule has 2 atom stereocenters. The van der Waals surface area contributed by atoms with Crippen LogP contribution < -0.4 is 5.32 Å². The van der Waals surface area contributed by atoms with Crippen molar-refractivity contribution in [3.63, 3.8) is 0 Å². The van der Waals surface area contributed by atoms with Gasteiger partial charge < -0.3 is 20.4 Å². The highest BCUT2D eigenvalue weighted by Crippen LogP contribution is 2.14. The molecule has 1 amide bonds. The fourth-order valence-corrected chi connectivity index (χ4v) is 2.20. The molecular weight excluding hydrogens is 232 g/mol. The second kappa shape index (κ2) is 5.37. The van der Waals surface area contributed by atoms with Crippen LogP contribution in [0, 0.1) is 0 Å². The molecule has 1 aliphatic rings. The number of phenols is 1. The summed E-state index contributed by atoms with van der Waals surface area (Å²) in [5.74, 6) is 0.0962. The van der Waals surface area contributed by atoms with Crippen molar-refractivity contribution in [3.8, 4) is 5.75 Å². The topological polar surface area (TPSA) is 72.8 Å². The Balaban J connectivity index is 1.99. The molecule has 0 bridgehead atoms. The van der Waals surface area contributed by atoms with Crippen LogP contribution in [0.2, 0.25) is 0 Å². The molecule has 1 heterocycles. The van der Waals surface area contributed by atoms with E-state index in [9.17, 15) is 15.0 Å². The molecule has 0 unspecified atom stereocenters. The smallest absolute Gasteiger partial charge is 0.227 e. The Hall–Kier alpha value is -1.59. The van der Waals surface area contributed by atoms with Gasteiger partial charge in [0.1, 0.15) is 5.75 Å². The van der Waals surface area contributed by atoms with Crippen LogP contribution >= 0.6 is 0 Å². The van der Waals surface area contributed by atoms with Gasteiger partial charge in [0.2, 0.25) is 5.91 Å². The minimum absolute atomic E-state index is 0.0617. The van der Waals surface area contributed by atoms with Gasteiger partial charge in [0.15, 0.2) is 0 Å². The predicted octanol–water partition coefficient (Wildman–Crippen LogP) is -0.274. The molecule has 0 radical (unpaired) electrons. The maximum atomic E-state index is 12.1. The van der Waals surface area contributed by atoms with E-state index in [1.165, 1.54) is 0 Å². The normalized spacial score (nSPS) is 23.0. The lowest BCUT2D eigenvalue weighted by Crippen LogP contribution is -2.44. The second-order valence-corrected chi connectivity index (χ2v) is 4.64. The molecule has 0 saturated carbocycles.